The predicted molar refractivity (Wildman–Crippen MR) is 46.0 cm³/mol. The van der Waals surface area contributed by atoms with Gasteiger partial charge in [0.1, 0.15) is 5.75 Å². The Kier molecular flexibility index (Phi) is 2.10. The zero-order valence-corrected chi connectivity index (χ0v) is 7.72. The highest BCUT2D eigenvalue weighted by atomic mass is 32.2. The maximum Gasteiger partial charge on any atom is 0.175 e. The van der Waals surface area contributed by atoms with Gasteiger partial charge in [-0.2, -0.15) is 0 Å². The third-order valence-corrected chi connectivity index (χ3v) is 2.81. The molecule has 66 valence electrons. The van der Waals surface area contributed by atoms with Gasteiger partial charge in [0.15, 0.2) is 9.84 Å². The fourth-order valence-corrected chi connectivity index (χ4v) is 1.98. The van der Waals surface area contributed by atoms with Gasteiger partial charge in [0.05, 0.1) is 4.90 Å². The second kappa shape index (κ2) is 2.79. The quantitative estimate of drug-likeness (QED) is 0.714. The minimum atomic E-state index is -3.22. The predicted octanol–water partition coefficient (Wildman–Crippen LogP) is 1.10. The van der Waals surface area contributed by atoms with Crippen LogP contribution in [0.25, 0.3) is 0 Å². The number of phenolic OH excluding ortho intramolecular Hbond substituents is 1. The summed E-state index contributed by atoms with van der Waals surface area (Å²) in [6.45, 7) is 1.69. The van der Waals surface area contributed by atoms with Crippen molar-refractivity contribution in [2.45, 2.75) is 11.8 Å². The molecule has 0 unspecified atom stereocenters. The highest BCUT2D eigenvalue weighted by molar-refractivity contribution is 7.90. The lowest BCUT2D eigenvalue weighted by Crippen LogP contribution is -1.99. The fourth-order valence-electron chi connectivity index (χ4n) is 0.988. The van der Waals surface area contributed by atoms with Crippen LogP contribution in [0.5, 0.6) is 5.75 Å². The molecule has 1 aromatic rings. The van der Waals surface area contributed by atoms with Gasteiger partial charge >= 0.3 is 0 Å². The lowest BCUT2D eigenvalue weighted by molar-refractivity contribution is 0.473. The first-order chi connectivity index (χ1) is 5.41. The topological polar surface area (TPSA) is 54.4 Å². The highest BCUT2D eigenvalue weighted by Crippen LogP contribution is 2.19. The number of sulfone groups is 1. The Morgan fingerprint density at radius 3 is 2.33 bits per heavy atom. The monoisotopic (exact) mass is 186 g/mol. The molecule has 0 aliphatic carbocycles. The van der Waals surface area contributed by atoms with E-state index in [1.54, 1.807) is 13.0 Å². The van der Waals surface area contributed by atoms with Crippen molar-refractivity contribution in [3.8, 4) is 5.75 Å². The van der Waals surface area contributed by atoms with Gasteiger partial charge in [-0.15, -0.1) is 0 Å². The van der Waals surface area contributed by atoms with E-state index in [9.17, 15) is 8.42 Å². The number of phenols is 1. The van der Waals surface area contributed by atoms with Crippen LogP contribution in [0, 0.1) is 6.92 Å². The van der Waals surface area contributed by atoms with Crippen LogP contribution in [0.1, 0.15) is 5.56 Å². The number of aryl methyl sites for hydroxylation is 1. The smallest absolute Gasteiger partial charge is 0.175 e. The number of rotatable bonds is 1. The van der Waals surface area contributed by atoms with Crippen molar-refractivity contribution in [2.75, 3.05) is 6.26 Å². The molecule has 1 N–H and O–H groups in total. The van der Waals surface area contributed by atoms with Crippen LogP contribution in [0.3, 0.4) is 0 Å². The Bertz CT molecular complexity index is 393. The van der Waals surface area contributed by atoms with Crippen LogP contribution >= 0.6 is 0 Å². The summed E-state index contributed by atoms with van der Waals surface area (Å²) < 4.78 is 22.2. The number of aromatic hydroxyl groups is 1. The second-order valence-corrected chi connectivity index (χ2v) is 4.71. The molecule has 0 spiro atoms. The number of hydrogen-bond donors (Lipinski definition) is 1. The third-order valence-electron chi connectivity index (χ3n) is 1.57. The Morgan fingerprint density at radius 2 is 1.92 bits per heavy atom. The SMILES string of the molecule is Cc1ccc(O)cc1S(C)(=O)=O. The minimum absolute atomic E-state index is 0.0268. The van der Waals surface area contributed by atoms with E-state index in [2.05, 4.69) is 0 Å². The average Bonchev–Trinajstić information content (AvgIpc) is 1.92. The first-order valence-corrected chi connectivity index (χ1v) is 5.30. The Morgan fingerprint density at radius 1 is 1.33 bits per heavy atom. The van der Waals surface area contributed by atoms with Crippen LogP contribution in [0.15, 0.2) is 23.1 Å². The molecule has 0 atom stereocenters. The van der Waals surface area contributed by atoms with E-state index >= 15 is 0 Å². The summed E-state index contributed by atoms with van der Waals surface area (Å²) in [5.74, 6) is -0.0268. The van der Waals surface area contributed by atoms with Crippen LogP contribution < -0.4 is 0 Å². The minimum Gasteiger partial charge on any atom is -0.508 e. The number of benzene rings is 1. The molecular weight excluding hydrogens is 176 g/mol. The summed E-state index contributed by atoms with van der Waals surface area (Å²) in [5, 5.41) is 9.04. The van der Waals surface area contributed by atoms with E-state index in [1.807, 2.05) is 0 Å². The van der Waals surface area contributed by atoms with Gasteiger partial charge in [0, 0.05) is 6.26 Å². The van der Waals surface area contributed by atoms with Crippen molar-refractivity contribution in [1.82, 2.24) is 0 Å². The average molecular weight is 186 g/mol. The molecule has 0 saturated carbocycles. The molecular formula is C8H10O3S. The fraction of sp³-hybridized carbons (Fsp3) is 0.250. The maximum atomic E-state index is 11.1. The van der Waals surface area contributed by atoms with Crippen LogP contribution in [-0.4, -0.2) is 19.8 Å². The second-order valence-electron chi connectivity index (χ2n) is 2.72. The highest BCUT2D eigenvalue weighted by Gasteiger charge is 2.10. The van der Waals surface area contributed by atoms with Gasteiger partial charge in [-0.3, -0.25) is 0 Å². The summed E-state index contributed by atoms with van der Waals surface area (Å²) in [5.41, 5.74) is 0.648. The molecule has 0 aliphatic heterocycles. The summed E-state index contributed by atoms with van der Waals surface area (Å²) >= 11 is 0. The first kappa shape index (κ1) is 9.06. The molecule has 0 fully saturated rings. The number of hydrogen-bond acceptors (Lipinski definition) is 3. The first-order valence-electron chi connectivity index (χ1n) is 3.41. The zero-order chi connectivity index (χ0) is 9.35. The molecule has 0 bridgehead atoms. The van der Waals surface area contributed by atoms with Crippen LogP contribution in [0.4, 0.5) is 0 Å². The lowest BCUT2D eigenvalue weighted by atomic mass is 10.2. The molecule has 0 aromatic heterocycles. The molecule has 0 radical (unpaired) electrons. The molecule has 4 heteroatoms. The molecule has 0 saturated heterocycles. The molecule has 12 heavy (non-hydrogen) atoms. The van der Waals surface area contributed by atoms with E-state index in [0.717, 1.165) is 6.26 Å². The van der Waals surface area contributed by atoms with Crippen LogP contribution in [-0.2, 0) is 9.84 Å². The summed E-state index contributed by atoms with van der Waals surface area (Å²) in [4.78, 5) is 0.183. The Balaban J connectivity index is 3.43. The van der Waals surface area contributed by atoms with Crippen molar-refractivity contribution in [3.05, 3.63) is 23.8 Å². The Labute approximate surface area is 71.6 Å². The molecule has 1 aromatic carbocycles. The van der Waals surface area contributed by atoms with Crippen LogP contribution in [0.2, 0.25) is 0 Å². The van der Waals surface area contributed by atoms with Crippen molar-refractivity contribution in [2.24, 2.45) is 0 Å². The molecule has 1 rings (SSSR count). The van der Waals surface area contributed by atoms with E-state index < -0.39 is 9.84 Å². The van der Waals surface area contributed by atoms with Gasteiger partial charge in [-0.1, -0.05) is 6.07 Å². The van der Waals surface area contributed by atoms with Gasteiger partial charge < -0.3 is 5.11 Å². The normalized spacial score (nSPS) is 11.5. The molecule has 0 heterocycles. The molecule has 0 aliphatic rings. The van der Waals surface area contributed by atoms with Gasteiger partial charge in [0.2, 0.25) is 0 Å². The lowest BCUT2D eigenvalue weighted by Gasteiger charge is -2.02. The summed E-state index contributed by atoms with van der Waals surface area (Å²) in [6.07, 6.45) is 1.12. The summed E-state index contributed by atoms with van der Waals surface area (Å²) in [6, 6.07) is 4.29. The summed E-state index contributed by atoms with van der Waals surface area (Å²) in [7, 11) is -3.22. The zero-order valence-electron chi connectivity index (χ0n) is 6.90. The third kappa shape index (κ3) is 1.76. The van der Waals surface area contributed by atoms with Gasteiger partial charge in [-0.05, 0) is 24.6 Å². The Hall–Kier alpha value is -1.03. The van der Waals surface area contributed by atoms with E-state index in [-0.39, 0.29) is 10.6 Å². The molecule has 3 nitrogen and oxygen atoms in total. The van der Waals surface area contributed by atoms with Gasteiger partial charge in [-0.25, -0.2) is 8.42 Å². The van der Waals surface area contributed by atoms with Gasteiger partial charge in [0.25, 0.3) is 0 Å². The maximum absolute atomic E-state index is 11.1. The molecule has 0 amide bonds. The van der Waals surface area contributed by atoms with E-state index in [1.165, 1.54) is 12.1 Å². The van der Waals surface area contributed by atoms with Crippen molar-refractivity contribution in [3.63, 3.8) is 0 Å². The van der Waals surface area contributed by atoms with Crippen molar-refractivity contribution >= 4 is 9.84 Å². The van der Waals surface area contributed by atoms with E-state index in [0.29, 0.717) is 5.56 Å². The largest absolute Gasteiger partial charge is 0.508 e. The van der Waals surface area contributed by atoms with E-state index in [4.69, 9.17) is 5.11 Å². The van der Waals surface area contributed by atoms with Crippen molar-refractivity contribution in [1.29, 1.82) is 0 Å². The standard InChI is InChI=1S/C8H10O3S/c1-6-3-4-7(9)5-8(6)12(2,10)11/h3-5,9H,1-2H3. The van der Waals surface area contributed by atoms with Crippen molar-refractivity contribution < 1.29 is 13.5 Å².